The minimum absolute atomic E-state index is 0.279. The summed E-state index contributed by atoms with van der Waals surface area (Å²) in [5, 5.41) is 11.8. The first-order valence-electron chi connectivity index (χ1n) is 4.56. The van der Waals surface area contributed by atoms with Crippen LogP contribution in [-0.4, -0.2) is 10.1 Å². The lowest BCUT2D eigenvalue weighted by Gasteiger charge is -1.97. The van der Waals surface area contributed by atoms with Gasteiger partial charge in [-0.05, 0) is 19.1 Å². The lowest BCUT2D eigenvalue weighted by Crippen LogP contribution is -1.89. The summed E-state index contributed by atoms with van der Waals surface area (Å²) in [4.78, 5) is 4.22. The average molecular weight is 223 g/mol. The first-order chi connectivity index (χ1) is 7.16. The molecular weight excluding hydrogens is 213 g/mol. The summed E-state index contributed by atoms with van der Waals surface area (Å²) >= 11 is 1.37. The number of thiazole rings is 1. The van der Waals surface area contributed by atoms with Gasteiger partial charge in [-0.1, -0.05) is 12.1 Å². The number of hydrogen-bond acceptors (Lipinski definition) is 3. The molecule has 1 aromatic heterocycles. The highest BCUT2D eigenvalue weighted by molar-refractivity contribution is 7.10. The Morgan fingerprint density at radius 3 is 2.87 bits per heavy atom. The third kappa shape index (κ3) is 2.22. The quantitative estimate of drug-likeness (QED) is 0.849. The van der Waals surface area contributed by atoms with E-state index in [9.17, 15) is 9.50 Å². The molecule has 2 rings (SSSR count). The molecule has 0 aliphatic heterocycles. The molecule has 1 unspecified atom stereocenters. The third-order valence-electron chi connectivity index (χ3n) is 2.00. The highest BCUT2D eigenvalue weighted by Crippen LogP contribution is 2.25. The van der Waals surface area contributed by atoms with Gasteiger partial charge in [0.15, 0.2) is 0 Å². The molecule has 0 bridgehead atoms. The van der Waals surface area contributed by atoms with E-state index in [4.69, 9.17) is 0 Å². The molecule has 1 aromatic carbocycles. The molecule has 0 radical (unpaired) electrons. The van der Waals surface area contributed by atoms with Gasteiger partial charge >= 0.3 is 0 Å². The van der Waals surface area contributed by atoms with E-state index < -0.39 is 6.10 Å². The van der Waals surface area contributed by atoms with Crippen molar-refractivity contribution in [1.29, 1.82) is 0 Å². The van der Waals surface area contributed by atoms with Crippen LogP contribution < -0.4 is 0 Å². The van der Waals surface area contributed by atoms with Gasteiger partial charge in [0.2, 0.25) is 0 Å². The van der Waals surface area contributed by atoms with Crippen LogP contribution in [0.4, 0.5) is 4.39 Å². The molecule has 2 nitrogen and oxygen atoms in total. The molecule has 4 heteroatoms. The van der Waals surface area contributed by atoms with Crippen LogP contribution in [0.3, 0.4) is 0 Å². The summed E-state index contributed by atoms with van der Waals surface area (Å²) in [6, 6.07) is 6.27. The number of nitrogens with zero attached hydrogens (tertiary/aromatic N) is 1. The van der Waals surface area contributed by atoms with Crippen molar-refractivity contribution >= 4 is 11.3 Å². The number of aromatic nitrogens is 1. The monoisotopic (exact) mass is 223 g/mol. The Balaban J connectivity index is 2.37. The molecule has 0 aliphatic rings. The van der Waals surface area contributed by atoms with E-state index in [2.05, 4.69) is 4.98 Å². The third-order valence-corrected chi connectivity index (χ3v) is 3.01. The van der Waals surface area contributed by atoms with Crippen LogP contribution in [0.5, 0.6) is 0 Å². The van der Waals surface area contributed by atoms with Crippen molar-refractivity contribution in [1.82, 2.24) is 4.98 Å². The number of aliphatic hydroxyl groups is 1. The van der Waals surface area contributed by atoms with Crippen LogP contribution in [0.25, 0.3) is 11.3 Å². The van der Waals surface area contributed by atoms with Gasteiger partial charge in [-0.2, -0.15) is 0 Å². The Bertz CT molecular complexity index is 467. The topological polar surface area (TPSA) is 33.1 Å². The zero-order valence-electron chi connectivity index (χ0n) is 8.14. The van der Waals surface area contributed by atoms with Gasteiger partial charge in [-0.25, -0.2) is 9.37 Å². The lowest BCUT2D eigenvalue weighted by atomic mass is 10.2. The summed E-state index contributed by atoms with van der Waals surface area (Å²) in [5.74, 6) is -0.279. The largest absolute Gasteiger partial charge is 0.386 e. The summed E-state index contributed by atoms with van der Waals surface area (Å²) in [5.41, 5.74) is 1.44. The van der Waals surface area contributed by atoms with Crippen molar-refractivity contribution in [2.75, 3.05) is 0 Å². The molecule has 0 saturated carbocycles. The van der Waals surface area contributed by atoms with E-state index in [0.29, 0.717) is 10.7 Å². The first kappa shape index (κ1) is 10.3. The second-order valence-electron chi connectivity index (χ2n) is 3.26. The average Bonchev–Trinajstić information content (AvgIpc) is 2.66. The maximum Gasteiger partial charge on any atom is 0.123 e. The van der Waals surface area contributed by atoms with E-state index in [1.807, 2.05) is 5.38 Å². The predicted octanol–water partition coefficient (Wildman–Crippen LogP) is 3.00. The van der Waals surface area contributed by atoms with Crippen LogP contribution >= 0.6 is 11.3 Å². The second-order valence-corrected chi connectivity index (χ2v) is 4.15. The fraction of sp³-hybridized carbons (Fsp3) is 0.182. The molecule has 0 spiro atoms. The Morgan fingerprint density at radius 2 is 2.27 bits per heavy atom. The summed E-state index contributed by atoms with van der Waals surface area (Å²) in [6.45, 7) is 1.66. The summed E-state index contributed by atoms with van der Waals surface area (Å²) in [6.07, 6.45) is -0.572. The highest BCUT2D eigenvalue weighted by atomic mass is 32.1. The number of halogens is 1. The standard InChI is InChI=1S/C11H10FNOS/c1-7(14)11-13-10(6-15-11)8-3-2-4-9(12)5-8/h2-7,14H,1H3. The molecule has 1 atom stereocenters. The van der Waals surface area contributed by atoms with Gasteiger partial charge in [-0.15, -0.1) is 11.3 Å². The predicted molar refractivity (Wildman–Crippen MR) is 58.1 cm³/mol. The van der Waals surface area contributed by atoms with Crippen LogP contribution in [0, 0.1) is 5.82 Å². The minimum atomic E-state index is -0.572. The van der Waals surface area contributed by atoms with E-state index in [1.165, 1.54) is 23.5 Å². The molecule has 2 aromatic rings. The van der Waals surface area contributed by atoms with Crippen LogP contribution in [0.2, 0.25) is 0 Å². The molecule has 0 saturated heterocycles. The number of aliphatic hydroxyl groups excluding tert-OH is 1. The van der Waals surface area contributed by atoms with E-state index in [0.717, 1.165) is 5.56 Å². The molecule has 1 N–H and O–H groups in total. The maximum absolute atomic E-state index is 12.9. The van der Waals surface area contributed by atoms with Crippen LogP contribution in [-0.2, 0) is 0 Å². The SMILES string of the molecule is CC(O)c1nc(-c2cccc(F)c2)cs1. The normalized spacial score (nSPS) is 12.7. The minimum Gasteiger partial charge on any atom is -0.386 e. The maximum atomic E-state index is 12.9. The molecule has 0 fully saturated rings. The van der Waals surface area contributed by atoms with Gasteiger partial charge in [0.1, 0.15) is 16.9 Å². The fourth-order valence-corrected chi connectivity index (χ4v) is 2.03. The van der Waals surface area contributed by atoms with Gasteiger partial charge in [0.25, 0.3) is 0 Å². The van der Waals surface area contributed by atoms with E-state index >= 15 is 0 Å². The Labute approximate surface area is 91.0 Å². The van der Waals surface area contributed by atoms with Gasteiger partial charge in [-0.3, -0.25) is 0 Å². The van der Waals surface area contributed by atoms with E-state index in [-0.39, 0.29) is 5.82 Å². The van der Waals surface area contributed by atoms with Crippen molar-refractivity contribution in [3.63, 3.8) is 0 Å². The van der Waals surface area contributed by atoms with Crippen molar-refractivity contribution < 1.29 is 9.50 Å². The Hall–Kier alpha value is -1.26. The molecule has 15 heavy (non-hydrogen) atoms. The number of rotatable bonds is 2. The van der Waals surface area contributed by atoms with E-state index in [1.54, 1.807) is 19.1 Å². The Morgan fingerprint density at radius 1 is 1.47 bits per heavy atom. The van der Waals surface area contributed by atoms with Gasteiger partial charge in [0, 0.05) is 10.9 Å². The van der Waals surface area contributed by atoms with Gasteiger partial charge < -0.3 is 5.11 Å². The second kappa shape index (κ2) is 4.08. The molecule has 1 heterocycles. The lowest BCUT2D eigenvalue weighted by molar-refractivity contribution is 0.199. The first-order valence-corrected chi connectivity index (χ1v) is 5.44. The zero-order chi connectivity index (χ0) is 10.8. The number of benzene rings is 1. The van der Waals surface area contributed by atoms with Crippen molar-refractivity contribution in [2.45, 2.75) is 13.0 Å². The molecular formula is C11H10FNOS. The van der Waals surface area contributed by atoms with Crippen molar-refractivity contribution in [2.24, 2.45) is 0 Å². The van der Waals surface area contributed by atoms with Crippen molar-refractivity contribution in [3.05, 3.63) is 40.5 Å². The fourth-order valence-electron chi connectivity index (χ4n) is 1.26. The summed E-state index contributed by atoms with van der Waals surface area (Å²) < 4.78 is 12.9. The summed E-state index contributed by atoms with van der Waals surface area (Å²) in [7, 11) is 0. The number of hydrogen-bond donors (Lipinski definition) is 1. The Kier molecular flexibility index (Phi) is 2.79. The smallest absolute Gasteiger partial charge is 0.123 e. The van der Waals surface area contributed by atoms with Crippen molar-refractivity contribution in [3.8, 4) is 11.3 Å². The zero-order valence-corrected chi connectivity index (χ0v) is 8.96. The van der Waals surface area contributed by atoms with Gasteiger partial charge in [0.05, 0.1) is 5.69 Å². The molecule has 0 amide bonds. The highest BCUT2D eigenvalue weighted by Gasteiger charge is 2.08. The van der Waals surface area contributed by atoms with Crippen LogP contribution in [0.15, 0.2) is 29.6 Å². The molecule has 0 aliphatic carbocycles. The molecule has 78 valence electrons. The van der Waals surface area contributed by atoms with Crippen LogP contribution in [0.1, 0.15) is 18.0 Å².